The zero-order valence-corrected chi connectivity index (χ0v) is 17.3. The highest BCUT2D eigenvalue weighted by Gasteiger charge is 2.17. The lowest BCUT2D eigenvalue weighted by Crippen LogP contribution is -1.96. The largest absolute Gasteiger partial charge is 0.236 e. The minimum Gasteiger partial charge on any atom is -0.236 e. The van der Waals surface area contributed by atoms with E-state index in [1.54, 1.807) is 0 Å². The van der Waals surface area contributed by atoms with E-state index in [1.807, 2.05) is 41.0 Å². The lowest BCUT2D eigenvalue weighted by molar-refractivity contribution is 0.894. The average Bonchev–Trinajstić information content (AvgIpc) is 3.19. The van der Waals surface area contributed by atoms with Gasteiger partial charge in [-0.05, 0) is 41.3 Å². The number of nitrogens with zero attached hydrogens (tertiary/aromatic N) is 3. The molecule has 3 aromatic carbocycles. The summed E-state index contributed by atoms with van der Waals surface area (Å²) in [5, 5.41) is 5.61. The standard InChI is InChI=1S/C26H20ClN3/c1-2-23-25(21-9-6-10-22(27)17-21)26-28-16-15-24(30(26)29-23)20-13-11-19(12-14-20)18-7-4-3-5-8-18/h3-17H,2H2,1H3. The van der Waals surface area contributed by atoms with Crippen LogP contribution in [0.25, 0.3) is 39.2 Å². The van der Waals surface area contributed by atoms with Crippen LogP contribution in [0.4, 0.5) is 0 Å². The molecule has 0 radical (unpaired) electrons. The van der Waals surface area contributed by atoms with Gasteiger partial charge >= 0.3 is 0 Å². The molecule has 146 valence electrons. The van der Waals surface area contributed by atoms with Crippen molar-refractivity contribution in [2.45, 2.75) is 13.3 Å². The Morgan fingerprint density at radius 1 is 0.767 bits per heavy atom. The van der Waals surface area contributed by atoms with E-state index in [9.17, 15) is 0 Å². The number of rotatable bonds is 4. The van der Waals surface area contributed by atoms with Gasteiger partial charge in [0.25, 0.3) is 0 Å². The van der Waals surface area contributed by atoms with Gasteiger partial charge in [0.2, 0.25) is 0 Å². The van der Waals surface area contributed by atoms with Crippen LogP contribution in [0.1, 0.15) is 12.6 Å². The zero-order valence-electron chi connectivity index (χ0n) is 16.6. The number of halogens is 1. The second-order valence-corrected chi connectivity index (χ2v) is 7.63. The van der Waals surface area contributed by atoms with Crippen molar-refractivity contribution >= 4 is 17.2 Å². The molecule has 0 saturated heterocycles. The monoisotopic (exact) mass is 409 g/mol. The van der Waals surface area contributed by atoms with E-state index in [-0.39, 0.29) is 0 Å². The molecule has 0 saturated carbocycles. The Hall–Kier alpha value is -3.43. The van der Waals surface area contributed by atoms with Crippen LogP contribution in [0.2, 0.25) is 5.02 Å². The number of aryl methyl sites for hydroxylation is 1. The minimum atomic E-state index is 0.710. The van der Waals surface area contributed by atoms with Gasteiger partial charge < -0.3 is 0 Å². The molecule has 0 N–H and O–H groups in total. The molecule has 0 aliphatic carbocycles. The van der Waals surface area contributed by atoms with Crippen LogP contribution in [-0.4, -0.2) is 14.6 Å². The van der Waals surface area contributed by atoms with Crippen LogP contribution in [0.15, 0.2) is 91.1 Å². The summed E-state index contributed by atoms with van der Waals surface area (Å²) < 4.78 is 1.95. The van der Waals surface area contributed by atoms with Crippen molar-refractivity contribution in [3.8, 4) is 33.5 Å². The summed E-state index contributed by atoms with van der Waals surface area (Å²) in [6.45, 7) is 2.12. The highest BCUT2D eigenvalue weighted by Crippen LogP contribution is 2.32. The van der Waals surface area contributed by atoms with Gasteiger partial charge in [0.15, 0.2) is 5.65 Å². The maximum Gasteiger partial charge on any atom is 0.163 e. The fourth-order valence-electron chi connectivity index (χ4n) is 3.86. The summed E-state index contributed by atoms with van der Waals surface area (Å²) in [6, 6.07) is 28.9. The molecule has 0 bridgehead atoms. The van der Waals surface area contributed by atoms with Gasteiger partial charge in [-0.25, -0.2) is 9.50 Å². The van der Waals surface area contributed by atoms with Crippen molar-refractivity contribution < 1.29 is 0 Å². The first-order chi connectivity index (χ1) is 14.7. The van der Waals surface area contributed by atoms with Crippen LogP contribution >= 0.6 is 11.6 Å². The lowest BCUT2D eigenvalue weighted by Gasteiger charge is -2.07. The summed E-state index contributed by atoms with van der Waals surface area (Å²) in [5.74, 6) is 0. The van der Waals surface area contributed by atoms with E-state index in [4.69, 9.17) is 16.7 Å². The van der Waals surface area contributed by atoms with Crippen LogP contribution in [-0.2, 0) is 6.42 Å². The van der Waals surface area contributed by atoms with Gasteiger partial charge in [-0.2, -0.15) is 5.10 Å². The molecule has 30 heavy (non-hydrogen) atoms. The lowest BCUT2D eigenvalue weighted by atomic mass is 10.0. The van der Waals surface area contributed by atoms with E-state index in [0.717, 1.165) is 40.1 Å². The van der Waals surface area contributed by atoms with E-state index in [2.05, 4.69) is 66.5 Å². The number of benzene rings is 3. The zero-order chi connectivity index (χ0) is 20.5. The number of fused-ring (bicyclic) bond motifs is 1. The quantitative estimate of drug-likeness (QED) is 0.321. The predicted octanol–water partition coefficient (Wildman–Crippen LogP) is 6.95. The smallest absolute Gasteiger partial charge is 0.163 e. The molecular weight excluding hydrogens is 390 g/mol. The molecule has 5 rings (SSSR count). The second-order valence-electron chi connectivity index (χ2n) is 7.19. The molecule has 2 aromatic heterocycles. The van der Waals surface area contributed by atoms with Crippen LogP contribution in [0.5, 0.6) is 0 Å². The Labute approximate surface area is 180 Å². The molecule has 0 atom stereocenters. The third-order valence-electron chi connectivity index (χ3n) is 5.33. The summed E-state index contributed by atoms with van der Waals surface area (Å²) >= 11 is 6.25. The molecule has 4 heteroatoms. The Kier molecular flexibility index (Phi) is 4.82. The Morgan fingerprint density at radius 3 is 2.20 bits per heavy atom. The molecule has 0 amide bonds. The van der Waals surface area contributed by atoms with Gasteiger partial charge in [0.05, 0.1) is 11.4 Å². The number of hydrogen-bond acceptors (Lipinski definition) is 2. The fourth-order valence-corrected chi connectivity index (χ4v) is 4.05. The third kappa shape index (κ3) is 3.27. The second kappa shape index (κ2) is 7.77. The first-order valence-corrected chi connectivity index (χ1v) is 10.4. The van der Waals surface area contributed by atoms with E-state index in [1.165, 1.54) is 11.1 Å². The Bertz CT molecular complexity index is 1320. The molecule has 0 aliphatic heterocycles. The highest BCUT2D eigenvalue weighted by atomic mass is 35.5. The summed E-state index contributed by atoms with van der Waals surface area (Å²) in [7, 11) is 0. The maximum absolute atomic E-state index is 6.25. The maximum atomic E-state index is 6.25. The highest BCUT2D eigenvalue weighted by molar-refractivity contribution is 6.30. The molecule has 0 aliphatic rings. The predicted molar refractivity (Wildman–Crippen MR) is 124 cm³/mol. The topological polar surface area (TPSA) is 30.2 Å². The van der Waals surface area contributed by atoms with E-state index >= 15 is 0 Å². The minimum absolute atomic E-state index is 0.710. The van der Waals surface area contributed by atoms with Gasteiger partial charge in [-0.3, -0.25) is 0 Å². The number of hydrogen-bond donors (Lipinski definition) is 0. The molecule has 0 fully saturated rings. The van der Waals surface area contributed by atoms with Crippen LogP contribution < -0.4 is 0 Å². The van der Waals surface area contributed by atoms with Crippen molar-refractivity contribution in [3.05, 3.63) is 102 Å². The Balaban J connectivity index is 1.64. The molecular formula is C26H20ClN3. The summed E-state index contributed by atoms with van der Waals surface area (Å²) in [5.41, 5.74) is 8.46. The van der Waals surface area contributed by atoms with Crippen molar-refractivity contribution in [1.29, 1.82) is 0 Å². The van der Waals surface area contributed by atoms with E-state index < -0.39 is 0 Å². The van der Waals surface area contributed by atoms with Gasteiger partial charge in [0.1, 0.15) is 0 Å². The first kappa shape index (κ1) is 18.6. The SMILES string of the molecule is CCc1nn2c(-c3ccc(-c4ccccc4)cc3)ccnc2c1-c1cccc(Cl)c1. The summed E-state index contributed by atoms with van der Waals surface area (Å²) in [4.78, 5) is 4.66. The van der Waals surface area contributed by atoms with Gasteiger partial charge in [0, 0.05) is 22.3 Å². The van der Waals surface area contributed by atoms with Gasteiger partial charge in [-0.1, -0.05) is 85.3 Å². The van der Waals surface area contributed by atoms with Crippen molar-refractivity contribution in [2.24, 2.45) is 0 Å². The molecule has 2 heterocycles. The summed E-state index contributed by atoms with van der Waals surface area (Å²) in [6.07, 6.45) is 2.67. The third-order valence-corrected chi connectivity index (χ3v) is 5.56. The molecule has 3 nitrogen and oxygen atoms in total. The fraction of sp³-hybridized carbons (Fsp3) is 0.0769. The molecule has 5 aromatic rings. The van der Waals surface area contributed by atoms with E-state index in [0.29, 0.717) is 5.02 Å². The van der Waals surface area contributed by atoms with Crippen molar-refractivity contribution in [2.75, 3.05) is 0 Å². The Morgan fingerprint density at radius 2 is 1.47 bits per heavy atom. The first-order valence-electron chi connectivity index (χ1n) is 10.0. The molecule has 0 spiro atoms. The van der Waals surface area contributed by atoms with Crippen molar-refractivity contribution in [3.63, 3.8) is 0 Å². The van der Waals surface area contributed by atoms with Crippen molar-refractivity contribution in [1.82, 2.24) is 14.6 Å². The van der Waals surface area contributed by atoms with Crippen LogP contribution in [0, 0.1) is 0 Å². The van der Waals surface area contributed by atoms with Gasteiger partial charge in [-0.15, -0.1) is 0 Å². The number of aromatic nitrogens is 3. The average molecular weight is 410 g/mol. The normalized spacial score (nSPS) is 11.1. The molecule has 0 unspecified atom stereocenters. The van der Waals surface area contributed by atoms with Crippen LogP contribution in [0.3, 0.4) is 0 Å².